The van der Waals surface area contributed by atoms with E-state index in [1.165, 1.54) is 12.1 Å². The Kier molecular flexibility index (Phi) is 5.90. The minimum atomic E-state index is -1.74. The molecule has 1 aromatic carbocycles. The number of fused-ring (bicyclic) bond motifs is 1. The van der Waals surface area contributed by atoms with Crippen LogP contribution in [0.25, 0.3) is 11.0 Å². The number of hydrogen-bond donors (Lipinski definition) is 5. The highest BCUT2D eigenvalue weighted by Gasteiger charge is 2.31. The van der Waals surface area contributed by atoms with Gasteiger partial charge in [0.2, 0.25) is 0 Å². The molecule has 0 aliphatic carbocycles. The molecule has 0 aliphatic rings. The van der Waals surface area contributed by atoms with Crippen LogP contribution in [-0.4, -0.2) is 57.7 Å². The van der Waals surface area contributed by atoms with Crippen molar-refractivity contribution in [3.63, 3.8) is 0 Å². The van der Waals surface area contributed by atoms with Gasteiger partial charge in [-0.25, -0.2) is 4.79 Å². The molecule has 0 saturated heterocycles. The van der Waals surface area contributed by atoms with Crippen molar-refractivity contribution in [2.45, 2.75) is 24.4 Å². The lowest BCUT2D eigenvalue weighted by atomic mass is 10.0. The Morgan fingerprint density at radius 1 is 1.24 bits per heavy atom. The number of aliphatic hydroxyl groups is 4. The number of anilines is 1. The summed E-state index contributed by atoms with van der Waals surface area (Å²) in [6.07, 6.45) is 0.663. The number of nitrogens with one attached hydrogen (secondary N) is 1. The Labute approximate surface area is 142 Å². The molecule has 0 bridgehead atoms. The average molecular weight is 347 g/mol. The Bertz CT molecular complexity index is 854. The van der Waals surface area contributed by atoms with Crippen LogP contribution in [0.2, 0.25) is 0 Å². The molecule has 25 heavy (non-hydrogen) atoms. The van der Waals surface area contributed by atoms with E-state index in [1.807, 2.05) is 0 Å². The van der Waals surface area contributed by atoms with Crippen LogP contribution in [-0.2, 0) is 4.79 Å². The topological polar surface area (TPSA) is 140 Å². The summed E-state index contributed by atoms with van der Waals surface area (Å²) in [6, 6.07) is 4.43. The lowest BCUT2D eigenvalue weighted by Crippen LogP contribution is -2.49. The van der Waals surface area contributed by atoms with Crippen molar-refractivity contribution in [2.24, 2.45) is 0 Å². The first-order valence-electron chi connectivity index (χ1n) is 7.32. The normalized spacial score (nSPS) is 15.8. The van der Waals surface area contributed by atoms with Crippen molar-refractivity contribution in [1.82, 2.24) is 0 Å². The molecular formula is C17H17NO7. The van der Waals surface area contributed by atoms with Gasteiger partial charge in [0.15, 0.2) is 0 Å². The summed E-state index contributed by atoms with van der Waals surface area (Å²) < 4.78 is 5.06. The molecule has 8 nitrogen and oxygen atoms in total. The second kappa shape index (κ2) is 7.92. The van der Waals surface area contributed by atoms with E-state index in [9.17, 15) is 24.9 Å². The van der Waals surface area contributed by atoms with Crippen LogP contribution in [0.4, 0.5) is 5.69 Å². The van der Waals surface area contributed by atoms with Crippen LogP contribution in [0.3, 0.4) is 0 Å². The minimum Gasteiger partial charge on any atom is -0.423 e. The number of aliphatic hydroxyl groups excluding tert-OH is 4. The molecule has 132 valence electrons. The van der Waals surface area contributed by atoms with Gasteiger partial charge < -0.3 is 35.0 Å². The molecule has 0 aliphatic heterocycles. The van der Waals surface area contributed by atoms with Crippen LogP contribution < -0.4 is 10.9 Å². The third-order valence-electron chi connectivity index (χ3n) is 3.68. The maximum absolute atomic E-state index is 11.5. The number of terminal acetylenes is 1. The molecule has 5 N–H and O–H groups in total. The fourth-order valence-corrected chi connectivity index (χ4v) is 2.31. The van der Waals surface area contributed by atoms with Crippen LogP contribution in [0.1, 0.15) is 5.56 Å². The van der Waals surface area contributed by atoms with E-state index < -0.39 is 36.6 Å². The van der Waals surface area contributed by atoms with Crippen LogP contribution in [0.15, 0.2) is 33.5 Å². The third kappa shape index (κ3) is 4.04. The van der Waals surface area contributed by atoms with Crippen molar-refractivity contribution in [1.29, 1.82) is 0 Å². The van der Waals surface area contributed by atoms with E-state index >= 15 is 0 Å². The summed E-state index contributed by atoms with van der Waals surface area (Å²) in [4.78, 5) is 22.7. The van der Waals surface area contributed by atoms with Gasteiger partial charge in [-0.3, -0.25) is 0 Å². The SMILES string of the molecule is C#Cc1cc(=O)oc2cc(N[C@H](C=O)[C@H](O)[C@@H](O)[C@@H](O)CO)ccc12. The molecule has 0 fully saturated rings. The highest BCUT2D eigenvalue weighted by Crippen LogP contribution is 2.22. The quantitative estimate of drug-likeness (QED) is 0.240. The summed E-state index contributed by atoms with van der Waals surface area (Å²) >= 11 is 0. The molecule has 0 radical (unpaired) electrons. The lowest BCUT2D eigenvalue weighted by Gasteiger charge is -2.26. The molecular weight excluding hydrogens is 330 g/mol. The Morgan fingerprint density at radius 2 is 1.96 bits per heavy atom. The van der Waals surface area contributed by atoms with Crippen molar-refractivity contribution in [3.05, 3.63) is 40.2 Å². The van der Waals surface area contributed by atoms with E-state index in [-0.39, 0.29) is 5.58 Å². The maximum atomic E-state index is 11.5. The van der Waals surface area contributed by atoms with Gasteiger partial charge in [-0.05, 0) is 12.1 Å². The van der Waals surface area contributed by atoms with Crippen LogP contribution in [0.5, 0.6) is 0 Å². The van der Waals surface area contributed by atoms with E-state index in [4.69, 9.17) is 15.9 Å². The molecule has 8 heteroatoms. The van der Waals surface area contributed by atoms with Crippen LogP contribution in [0, 0.1) is 12.3 Å². The molecule has 0 unspecified atom stereocenters. The number of hydrogen-bond acceptors (Lipinski definition) is 8. The van der Waals surface area contributed by atoms with Gasteiger partial charge in [0.05, 0.1) is 6.61 Å². The number of benzene rings is 1. The van der Waals surface area contributed by atoms with Crippen molar-refractivity contribution in [3.8, 4) is 12.3 Å². The van der Waals surface area contributed by atoms with Gasteiger partial charge in [0.1, 0.15) is 36.2 Å². The van der Waals surface area contributed by atoms with Crippen molar-refractivity contribution < 1.29 is 29.6 Å². The van der Waals surface area contributed by atoms with Crippen molar-refractivity contribution in [2.75, 3.05) is 11.9 Å². The number of carbonyl (C=O) groups is 1. The van der Waals surface area contributed by atoms with E-state index in [2.05, 4.69) is 11.2 Å². The van der Waals surface area contributed by atoms with Gasteiger partial charge in [-0.2, -0.15) is 0 Å². The Balaban J connectivity index is 2.31. The first-order valence-corrected chi connectivity index (χ1v) is 7.32. The van der Waals surface area contributed by atoms with Gasteiger partial charge in [0.25, 0.3) is 0 Å². The van der Waals surface area contributed by atoms with E-state index in [0.29, 0.717) is 22.9 Å². The molecule has 1 heterocycles. The number of aldehydes is 1. The fourth-order valence-electron chi connectivity index (χ4n) is 2.31. The third-order valence-corrected chi connectivity index (χ3v) is 3.68. The van der Waals surface area contributed by atoms with E-state index in [0.717, 1.165) is 0 Å². The molecule has 0 saturated carbocycles. The van der Waals surface area contributed by atoms with Gasteiger partial charge in [-0.1, -0.05) is 5.92 Å². The van der Waals surface area contributed by atoms with Crippen LogP contribution >= 0.6 is 0 Å². The second-order valence-electron chi connectivity index (χ2n) is 5.37. The highest BCUT2D eigenvalue weighted by atomic mass is 16.4. The summed E-state index contributed by atoms with van der Waals surface area (Å²) in [5, 5.41) is 41.0. The Hall–Kier alpha value is -2.70. The summed E-state index contributed by atoms with van der Waals surface area (Å²) in [6.45, 7) is -0.778. The molecule has 2 rings (SSSR count). The van der Waals surface area contributed by atoms with Gasteiger partial charge >= 0.3 is 5.63 Å². The standard InChI is InChI=1S/C17H17NO7/c1-2-9-5-15(22)25-14-6-10(3-4-11(9)14)18-12(7-19)16(23)17(24)13(21)8-20/h1,3-7,12-13,16-18,20-21,23-24H,8H2/t12-,13+,16+,17+/m1/s1. The fraction of sp³-hybridized carbons (Fsp3) is 0.294. The first kappa shape index (κ1) is 18.6. The zero-order valence-electron chi connectivity index (χ0n) is 13.0. The maximum Gasteiger partial charge on any atom is 0.337 e. The minimum absolute atomic E-state index is 0.181. The largest absolute Gasteiger partial charge is 0.423 e. The summed E-state index contributed by atoms with van der Waals surface area (Å²) in [5.74, 6) is 2.37. The zero-order chi connectivity index (χ0) is 18.6. The zero-order valence-corrected chi connectivity index (χ0v) is 13.0. The molecule has 4 atom stereocenters. The molecule has 0 amide bonds. The van der Waals surface area contributed by atoms with Gasteiger partial charge in [0, 0.05) is 28.8 Å². The average Bonchev–Trinajstić information content (AvgIpc) is 2.62. The Morgan fingerprint density at radius 3 is 2.56 bits per heavy atom. The predicted molar refractivity (Wildman–Crippen MR) is 89.0 cm³/mol. The number of rotatable bonds is 7. The van der Waals surface area contributed by atoms with Crippen molar-refractivity contribution >= 4 is 22.9 Å². The van der Waals surface area contributed by atoms with E-state index in [1.54, 1.807) is 12.1 Å². The smallest absolute Gasteiger partial charge is 0.337 e. The highest BCUT2D eigenvalue weighted by molar-refractivity contribution is 5.86. The van der Waals surface area contributed by atoms with Gasteiger partial charge in [-0.15, -0.1) is 6.42 Å². The lowest BCUT2D eigenvalue weighted by molar-refractivity contribution is -0.117. The molecule has 0 spiro atoms. The molecule has 2 aromatic rings. The predicted octanol–water partition coefficient (Wildman–Crippen LogP) is -1.17. The monoisotopic (exact) mass is 347 g/mol. The first-order chi connectivity index (χ1) is 11.9. The second-order valence-corrected chi connectivity index (χ2v) is 5.37. The number of carbonyl (C=O) groups excluding carboxylic acids is 1. The summed E-state index contributed by atoms with van der Waals surface area (Å²) in [7, 11) is 0. The molecule has 1 aromatic heterocycles. The summed E-state index contributed by atoms with van der Waals surface area (Å²) in [5.41, 5.74) is 0.213.